The Kier molecular flexibility index (Phi) is 3.62. The van der Waals surface area contributed by atoms with E-state index in [2.05, 4.69) is 5.16 Å². The molecule has 0 spiro atoms. The number of sulfonamides is 1. The van der Waals surface area contributed by atoms with Gasteiger partial charge in [-0.3, -0.25) is 0 Å². The first kappa shape index (κ1) is 14.3. The van der Waals surface area contributed by atoms with E-state index in [0.717, 1.165) is 25.0 Å². The van der Waals surface area contributed by atoms with E-state index in [0.29, 0.717) is 18.1 Å². The first-order valence-corrected chi connectivity index (χ1v) is 8.48. The first-order valence-electron chi connectivity index (χ1n) is 7.04. The molecule has 3 heterocycles. The fourth-order valence-electron chi connectivity index (χ4n) is 2.62. The highest BCUT2D eigenvalue weighted by Gasteiger charge is 2.33. The van der Waals surface area contributed by atoms with E-state index < -0.39 is 10.0 Å². The molecule has 1 fully saturated rings. The predicted molar refractivity (Wildman–Crippen MR) is 76.1 cm³/mol. The van der Waals surface area contributed by atoms with Crippen molar-refractivity contribution in [1.29, 1.82) is 0 Å². The third-order valence-corrected chi connectivity index (χ3v) is 5.64. The van der Waals surface area contributed by atoms with Crippen LogP contribution in [-0.4, -0.2) is 30.5 Å². The molecule has 0 aromatic carbocycles. The van der Waals surface area contributed by atoms with Crippen molar-refractivity contribution in [2.24, 2.45) is 0 Å². The zero-order chi connectivity index (χ0) is 15.0. The summed E-state index contributed by atoms with van der Waals surface area (Å²) in [6, 6.07) is 4.79. The second-order valence-electron chi connectivity index (χ2n) is 5.41. The number of piperidine rings is 1. The molecule has 0 bridgehead atoms. The Morgan fingerprint density at radius 2 is 2.10 bits per heavy atom. The number of aromatic nitrogens is 1. The quantitative estimate of drug-likeness (QED) is 0.871. The van der Waals surface area contributed by atoms with Crippen LogP contribution in [0.2, 0.25) is 0 Å². The second-order valence-corrected chi connectivity index (χ2v) is 7.23. The molecular formula is C14H18N2O4S. The van der Waals surface area contributed by atoms with Crippen molar-refractivity contribution in [3.05, 3.63) is 23.9 Å². The lowest BCUT2D eigenvalue weighted by Gasteiger charge is -2.31. The van der Waals surface area contributed by atoms with Crippen LogP contribution in [0.4, 0.5) is 0 Å². The molecule has 1 saturated heterocycles. The van der Waals surface area contributed by atoms with Crippen LogP contribution in [0.1, 0.15) is 31.9 Å². The Bertz CT molecular complexity index is 732. The topological polar surface area (TPSA) is 76.6 Å². The van der Waals surface area contributed by atoms with Gasteiger partial charge in [-0.05, 0) is 38.8 Å². The molecule has 0 saturated carbocycles. The van der Waals surface area contributed by atoms with Crippen molar-refractivity contribution in [1.82, 2.24) is 9.46 Å². The zero-order valence-corrected chi connectivity index (χ0v) is 12.9. The van der Waals surface area contributed by atoms with Gasteiger partial charge in [0.05, 0.1) is 5.69 Å². The van der Waals surface area contributed by atoms with Gasteiger partial charge >= 0.3 is 0 Å². The van der Waals surface area contributed by atoms with Gasteiger partial charge in [-0.15, -0.1) is 0 Å². The molecule has 0 aliphatic carbocycles. The Morgan fingerprint density at radius 1 is 1.29 bits per heavy atom. The minimum Gasteiger partial charge on any atom is -0.440 e. The maximum absolute atomic E-state index is 12.6. The summed E-state index contributed by atoms with van der Waals surface area (Å²) in [5, 5.41) is 3.73. The third-order valence-electron chi connectivity index (χ3n) is 3.76. The maximum Gasteiger partial charge on any atom is 0.276 e. The average Bonchev–Trinajstić information content (AvgIpc) is 3.07. The van der Waals surface area contributed by atoms with Crippen molar-refractivity contribution in [3.63, 3.8) is 0 Å². The fraction of sp³-hybridized carbons (Fsp3) is 0.500. The van der Waals surface area contributed by atoms with E-state index in [1.54, 1.807) is 19.1 Å². The molecule has 0 unspecified atom stereocenters. The SMILES string of the molecule is Cc1cc(-c2ccc(S(=O)(=O)N3CCCC[C@@H]3C)o2)on1. The van der Waals surface area contributed by atoms with E-state index in [1.807, 2.05) is 6.92 Å². The minimum absolute atomic E-state index is 0.00447. The van der Waals surface area contributed by atoms with Gasteiger partial charge in [0.1, 0.15) is 0 Å². The molecule has 0 N–H and O–H groups in total. The van der Waals surface area contributed by atoms with E-state index in [-0.39, 0.29) is 11.1 Å². The average molecular weight is 310 g/mol. The number of aryl methyl sites for hydroxylation is 1. The summed E-state index contributed by atoms with van der Waals surface area (Å²) in [6.07, 6.45) is 2.83. The normalized spacial score (nSPS) is 20.8. The van der Waals surface area contributed by atoms with Gasteiger partial charge in [0.2, 0.25) is 10.9 Å². The maximum atomic E-state index is 12.6. The van der Waals surface area contributed by atoms with Crippen LogP contribution < -0.4 is 0 Å². The smallest absolute Gasteiger partial charge is 0.276 e. The molecule has 2 aromatic rings. The molecule has 114 valence electrons. The van der Waals surface area contributed by atoms with Crippen LogP contribution in [0.3, 0.4) is 0 Å². The summed E-state index contributed by atoms with van der Waals surface area (Å²) < 4.78 is 37.4. The standard InChI is InChI=1S/C14H18N2O4S/c1-10-9-13(20-15-10)12-6-7-14(19-12)21(17,18)16-8-4-3-5-11(16)2/h6-7,9,11H,3-5,8H2,1-2H3/t11-/m0/s1. The summed E-state index contributed by atoms with van der Waals surface area (Å²) in [7, 11) is -3.59. The molecule has 21 heavy (non-hydrogen) atoms. The number of hydrogen-bond acceptors (Lipinski definition) is 5. The van der Waals surface area contributed by atoms with Gasteiger partial charge < -0.3 is 8.94 Å². The van der Waals surface area contributed by atoms with Crippen molar-refractivity contribution in [2.75, 3.05) is 6.54 Å². The molecule has 0 amide bonds. The molecule has 0 radical (unpaired) electrons. The van der Waals surface area contributed by atoms with Crippen LogP contribution in [0.5, 0.6) is 0 Å². The summed E-state index contributed by atoms with van der Waals surface area (Å²) in [6.45, 7) is 4.27. The number of rotatable bonds is 3. The fourth-order valence-corrected chi connectivity index (χ4v) is 4.23. The number of nitrogens with zero attached hydrogens (tertiary/aromatic N) is 2. The Balaban J connectivity index is 1.91. The molecule has 2 aromatic heterocycles. The molecule has 7 heteroatoms. The summed E-state index contributed by atoms with van der Waals surface area (Å²) in [5.41, 5.74) is 0.718. The van der Waals surface area contributed by atoms with Gasteiger partial charge in [-0.25, -0.2) is 8.42 Å². The van der Waals surface area contributed by atoms with Gasteiger partial charge in [-0.1, -0.05) is 11.6 Å². The summed E-state index contributed by atoms with van der Waals surface area (Å²) in [5.74, 6) is 0.805. The molecular weight excluding hydrogens is 292 g/mol. The Labute approximate surface area is 123 Å². The lowest BCUT2D eigenvalue weighted by atomic mass is 10.1. The van der Waals surface area contributed by atoms with Gasteiger partial charge in [0, 0.05) is 18.7 Å². The van der Waals surface area contributed by atoms with Crippen molar-refractivity contribution in [3.8, 4) is 11.5 Å². The van der Waals surface area contributed by atoms with E-state index in [1.165, 1.54) is 10.4 Å². The molecule has 1 aliphatic rings. The number of furan rings is 1. The van der Waals surface area contributed by atoms with E-state index in [4.69, 9.17) is 8.94 Å². The zero-order valence-electron chi connectivity index (χ0n) is 12.1. The van der Waals surface area contributed by atoms with Crippen LogP contribution in [0.25, 0.3) is 11.5 Å². The van der Waals surface area contributed by atoms with Crippen LogP contribution in [0.15, 0.2) is 32.2 Å². The monoisotopic (exact) mass is 310 g/mol. The van der Waals surface area contributed by atoms with E-state index in [9.17, 15) is 8.42 Å². The van der Waals surface area contributed by atoms with Crippen LogP contribution in [-0.2, 0) is 10.0 Å². The molecule has 1 atom stereocenters. The third kappa shape index (κ3) is 2.63. The predicted octanol–water partition coefficient (Wildman–Crippen LogP) is 2.81. The van der Waals surface area contributed by atoms with Crippen LogP contribution >= 0.6 is 0 Å². The largest absolute Gasteiger partial charge is 0.440 e. The van der Waals surface area contributed by atoms with Crippen LogP contribution in [0, 0.1) is 6.92 Å². The molecule has 1 aliphatic heterocycles. The van der Waals surface area contributed by atoms with Crippen molar-refractivity contribution < 1.29 is 17.4 Å². The first-order chi connectivity index (χ1) is 9.98. The van der Waals surface area contributed by atoms with Crippen molar-refractivity contribution in [2.45, 2.75) is 44.2 Å². The minimum atomic E-state index is -3.59. The summed E-state index contributed by atoms with van der Waals surface area (Å²) in [4.78, 5) is 0. The lowest BCUT2D eigenvalue weighted by Crippen LogP contribution is -2.41. The van der Waals surface area contributed by atoms with E-state index >= 15 is 0 Å². The van der Waals surface area contributed by atoms with Gasteiger partial charge in [0.25, 0.3) is 10.0 Å². The van der Waals surface area contributed by atoms with Gasteiger partial charge in [0.15, 0.2) is 5.76 Å². The second kappa shape index (κ2) is 5.31. The highest BCUT2D eigenvalue weighted by atomic mass is 32.2. The Hall–Kier alpha value is -1.60. The lowest BCUT2D eigenvalue weighted by molar-refractivity contribution is 0.262. The number of hydrogen-bond donors (Lipinski definition) is 0. The van der Waals surface area contributed by atoms with Gasteiger partial charge in [-0.2, -0.15) is 4.31 Å². The van der Waals surface area contributed by atoms with Crippen molar-refractivity contribution >= 4 is 10.0 Å². The molecule has 6 nitrogen and oxygen atoms in total. The Morgan fingerprint density at radius 3 is 2.76 bits per heavy atom. The molecule has 3 rings (SSSR count). The highest BCUT2D eigenvalue weighted by molar-refractivity contribution is 7.89. The summed E-state index contributed by atoms with van der Waals surface area (Å²) >= 11 is 0. The highest BCUT2D eigenvalue weighted by Crippen LogP contribution is 2.29.